The lowest BCUT2D eigenvalue weighted by molar-refractivity contribution is 0.0948. The van der Waals surface area contributed by atoms with Crippen LogP contribution in [0.1, 0.15) is 34.6 Å². The number of nitrogens with zero attached hydrogens (tertiary/aromatic N) is 1. The number of hydrogen-bond acceptors (Lipinski definition) is 5. The summed E-state index contributed by atoms with van der Waals surface area (Å²) in [6, 6.07) is 6.65. The minimum atomic E-state index is -0.357. The third-order valence-corrected chi connectivity index (χ3v) is 3.56. The number of pyridine rings is 1. The minimum absolute atomic E-state index is 0.171. The van der Waals surface area contributed by atoms with Crippen LogP contribution in [0.25, 0.3) is 0 Å². The number of carbonyl (C=O) groups excluding carboxylic acids is 2. The largest absolute Gasteiger partial charge is 0.454 e. The van der Waals surface area contributed by atoms with Crippen molar-refractivity contribution < 1.29 is 19.1 Å². The summed E-state index contributed by atoms with van der Waals surface area (Å²) in [7, 11) is 0. The molecule has 1 aliphatic heterocycles. The molecule has 1 aromatic carbocycles. The lowest BCUT2D eigenvalue weighted by Crippen LogP contribution is -2.27. The molecule has 0 saturated heterocycles. The van der Waals surface area contributed by atoms with Crippen LogP contribution in [0.3, 0.4) is 0 Å². The lowest BCUT2D eigenvalue weighted by atomic mass is 10.1. The van der Waals surface area contributed by atoms with Crippen LogP contribution in [0, 0.1) is 5.92 Å². The highest BCUT2D eigenvalue weighted by atomic mass is 16.7. The second-order valence-corrected chi connectivity index (χ2v) is 6.09. The van der Waals surface area contributed by atoms with Crippen molar-refractivity contribution in [3.63, 3.8) is 0 Å². The van der Waals surface area contributed by atoms with E-state index in [4.69, 9.17) is 9.47 Å². The third-order valence-electron chi connectivity index (χ3n) is 3.56. The van der Waals surface area contributed by atoms with Crippen molar-refractivity contribution in [3.05, 3.63) is 47.8 Å². The highest BCUT2D eigenvalue weighted by molar-refractivity contribution is 6.06. The maximum Gasteiger partial charge on any atom is 0.257 e. The molecule has 1 aromatic heterocycles. The van der Waals surface area contributed by atoms with Crippen LogP contribution in [-0.2, 0) is 0 Å². The van der Waals surface area contributed by atoms with Crippen molar-refractivity contribution >= 4 is 17.5 Å². The molecule has 25 heavy (non-hydrogen) atoms. The zero-order valence-electron chi connectivity index (χ0n) is 14.0. The fourth-order valence-corrected chi connectivity index (χ4v) is 2.26. The van der Waals surface area contributed by atoms with E-state index >= 15 is 0 Å². The number of hydrogen-bond donors (Lipinski definition) is 2. The summed E-state index contributed by atoms with van der Waals surface area (Å²) in [6.07, 6.45) is 2.86. The molecule has 7 heteroatoms. The van der Waals surface area contributed by atoms with Crippen LogP contribution in [0.4, 0.5) is 5.69 Å². The quantitative estimate of drug-likeness (QED) is 0.872. The molecule has 0 radical (unpaired) electrons. The van der Waals surface area contributed by atoms with Crippen LogP contribution in [0.15, 0.2) is 36.7 Å². The fraction of sp³-hybridized carbons (Fsp3) is 0.278. The molecule has 7 nitrogen and oxygen atoms in total. The molecular formula is C18H19N3O4. The van der Waals surface area contributed by atoms with Gasteiger partial charge in [0.25, 0.3) is 11.8 Å². The van der Waals surface area contributed by atoms with Crippen LogP contribution in [0.2, 0.25) is 0 Å². The van der Waals surface area contributed by atoms with Crippen molar-refractivity contribution in [1.29, 1.82) is 0 Å². The Morgan fingerprint density at radius 3 is 2.56 bits per heavy atom. The van der Waals surface area contributed by atoms with Crippen molar-refractivity contribution in [3.8, 4) is 11.5 Å². The Labute approximate surface area is 145 Å². The third kappa shape index (κ3) is 4.06. The second-order valence-electron chi connectivity index (χ2n) is 6.09. The van der Waals surface area contributed by atoms with Crippen molar-refractivity contribution in [2.75, 3.05) is 18.7 Å². The predicted molar refractivity (Wildman–Crippen MR) is 91.9 cm³/mol. The molecule has 3 rings (SSSR count). The molecule has 2 aromatic rings. The Balaban J connectivity index is 1.70. The molecule has 0 fully saturated rings. The molecule has 0 unspecified atom stereocenters. The number of carbonyl (C=O) groups is 2. The molecule has 0 saturated carbocycles. The van der Waals surface area contributed by atoms with Gasteiger partial charge in [-0.2, -0.15) is 0 Å². The van der Waals surface area contributed by atoms with E-state index < -0.39 is 0 Å². The summed E-state index contributed by atoms with van der Waals surface area (Å²) in [5.41, 5.74) is 1.22. The molecule has 0 bridgehead atoms. The van der Waals surface area contributed by atoms with E-state index in [-0.39, 0.29) is 18.6 Å². The van der Waals surface area contributed by atoms with E-state index in [9.17, 15) is 9.59 Å². The maximum atomic E-state index is 12.4. The summed E-state index contributed by atoms with van der Waals surface area (Å²) >= 11 is 0. The fourth-order valence-electron chi connectivity index (χ4n) is 2.26. The van der Waals surface area contributed by atoms with Crippen molar-refractivity contribution in [2.24, 2.45) is 5.92 Å². The molecule has 0 spiro atoms. The van der Waals surface area contributed by atoms with Gasteiger partial charge in [-0.15, -0.1) is 0 Å². The van der Waals surface area contributed by atoms with Gasteiger partial charge in [-0.1, -0.05) is 13.8 Å². The topological polar surface area (TPSA) is 89.6 Å². The average molecular weight is 341 g/mol. The number of anilines is 1. The smallest absolute Gasteiger partial charge is 0.257 e. The van der Waals surface area contributed by atoms with Gasteiger partial charge in [-0.25, -0.2) is 0 Å². The van der Waals surface area contributed by atoms with Crippen LogP contribution in [0.5, 0.6) is 11.5 Å². The van der Waals surface area contributed by atoms with Gasteiger partial charge in [0.15, 0.2) is 11.5 Å². The maximum absolute atomic E-state index is 12.4. The van der Waals surface area contributed by atoms with Crippen LogP contribution >= 0.6 is 0 Å². The van der Waals surface area contributed by atoms with Crippen LogP contribution < -0.4 is 20.1 Å². The monoisotopic (exact) mass is 341 g/mol. The first-order chi connectivity index (χ1) is 12.0. The lowest BCUT2D eigenvalue weighted by Gasteiger charge is -2.09. The van der Waals surface area contributed by atoms with Gasteiger partial charge in [0.05, 0.1) is 11.1 Å². The summed E-state index contributed by atoms with van der Waals surface area (Å²) < 4.78 is 10.5. The highest BCUT2D eigenvalue weighted by Crippen LogP contribution is 2.34. The Morgan fingerprint density at radius 2 is 1.80 bits per heavy atom. The Hall–Kier alpha value is -3.09. The number of ether oxygens (including phenoxy) is 2. The van der Waals surface area contributed by atoms with Crippen molar-refractivity contribution in [1.82, 2.24) is 10.3 Å². The Bertz CT molecular complexity index is 805. The van der Waals surface area contributed by atoms with Crippen LogP contribution in [-0.4, -0.2) is 30.1 Å². The summed E-state index contributed by atoms with van der Waals surface area (Å²) in [4.78, 5) is 28.5. The number of amides is 2. The number of nitrogens with one attached hydrogen (secondary N) is 2. The van der Waals surface area contributed by atoms with Gasteiger partial charge in [0.1, 0.15) is 0 Å². The van der Waals surface area contributed by atoms with E-state index in [0.29, 0.717) is 40.8 Å². The minimum Gasteiger partial charge on any atom is -0.454 e. The van der Waals surface area contributed by atoms with Gasteiger partial charge in [0.2, 0.25) is 6.79 Å². The van der Waals surface area contributed by atoms with Gasteiger partial charge >= 0.3 is 0 Å². The van der Waals surface area contributed by atoms with E-state index in [1.807, 2.05) is 13.8 Å². The molecule has 0 aliphatic carbocycles. The molecule has 2 N–H and O–H groups in total. The number of fused-ring (bicyclic) bond motifs is 1. The van der Waals surface area contributed by atoms with E-state index in [0.717, 1.165) is 0 Å². The number of aromatic nitrogens is 1. The Morgan fingerprint density at radius 1 is 1.08 bits per heavy atom. The average Bonchev–Trinajstić information content (AvgIpc) is 3.07. The van der Waals surface area contributed by atoms with E-state index in [1.165, 1.54) is 18.5 Å². The first-order valence-corrected chi connectivity index (χ1v) is 7.97. The van der Waals surface area contributed by atoms with Gasteiger partial charge < -0.3 is 20.1 Å². The molecule has 2 amide bonds. The SMILES string of the molecule is CC(C)CNC(=O)c1cncc(C(=O)Nc2ccc3c(c2)OCO3)c1. The predicted octanol–water partition coefficient (Wildman–Crippen LogP) is 2.45. The molecule has 130 valence electrons. The number of benzene rings is 1. The van der Waals surface area contributed by atoms with Gasteiger partial charge in [0, 0.05) is 30.7 Å². The molecule has 2 heterocycles. The summed E-state index contributed by atoms with van der Waals surface area (Å²) in [5, 5.41) is 5.56. The van der Waals surface area contributed by atoms with E-state index in [1.54, 1.807) is 18.2 Å². The summed E-state index contributed by atoms with van der Waals surface area (Å²) in [5.74, 6) is 0.958. The van der Waals surface area contributed by atoms with Gasteiger partial charge in [-0.3, -0.25) is 14.6 Å². The zero-order chi connectivity index (χ0) is 17.8. The van der Waals surface area contributed by atoms with E-state index in [2.05, 4.69) is 15.6 Å². The first-order valence-electron chi connectivity index (χ1n) is 7.97. The van der Waals surface area contributed by atoms with Crippen molar-refractivity contribution in [2.45, 2.75) is 13.8 Å². The Kier molecular flexibility index (Phi) is 4.83. The first kappa shape index (κ1) is 16.8. The normalized spacial score (nSPS) is 12.1. The summed E-state index contributed by atoms with van der Waals surface area (Å²) in [6.45, 7) is 4.75. The zero-order valence-corrected chi connectivity index (χ0v) is 14.0. The number of rotatable bonds is 5. The standard InChI is InChI=1S/C18H19N3O4/c1-11(2)7-20-17(22)12-5-13(9-19-8-12)18(23)21-14-3-4-15-16(6-14)25-10-24-15/h3-6,8-9,11H,7,10H2,1-2H3,(H,20,22)(H,21,23). The second kappa shape index (κ2) is 7.21. The molecular weight excluding hydrogens is 322 g/mol. The highest BCUT2D eigenvalue weighted by Gasteiger charge is 2.16. The molecule has 1 aliphatic rings. The molecule has 0 atom stereocenters. The van der Waals surface area contributed by atoms with Gasteiger partial charge in [-0.05, 0) is 24.1 Å².